The van der Waals surface area contributed by atoms with E-state index in [0.29, 0.717) is 6.04 Å². The van der Waals surface area contributed by atoms with Crippen LogP contribution in [0.3, 0.4) is 0 Å². The molecule has 1 aromatic heterocycles. The fourth-order valence-electron chi connectivity index (χ4n) is 1.13. The largest absolute Gasteiger partial charge is 0.247 e. The lowest BCUT2D eigenvalue weighted by Crippen LogP contribution is -2.07. The van der Waals surface area contributed by atoms with E-state index in [-0.39, 0.29) is 0 Å². The van der Waals surface area contributed by atoms with E-state index < -0.39 is 0 Å². The lowest BCUT2D eigenvalue weighted by atomic mass is 10.4. The summed E-state index contributed by atoms with van der Waals surface area (Å²) in [4.78, 5) is 4.30. The van der Waals surface area contributed by atoms with Gasteiger partial charge in [0, 0.05) is 12.5 Å². The smallest absolute Gasteiger partial charge is 0.147 e. The van der Waals surface area contributed by atoms with E-state index in [1.165, 1.54) is 0 Å². The van der Waals surface area contributed by atoms with E-state index >= 15 is 0 Å². The van der Waals surface area contributed by atoms with Gasteiger partial charge in [0.1, 0.15) is 11.6 Å². The predicted molar refractivity (Wildman–Crippen MR) is 44.5 cm³/mol. The summed E-state index contributed by atoms with van der Waals surface area (Å²) in [5.74, 6) is 1.95. The van der Waals surface area contributed by atoms with Gasteiger partial charge >= 0.3 is 0 Å². The van der Waals surface area contributed by atoms with Crippen LogP contribution in [-0.4, -0.2) is 14.8 Å². The second-order valence-corrected chi connectivity index (χ2v) is 2.97. The first-order valence-electron chi connectivity index (χ1n) is 4.07. The van der Waals surface area contributed by atoms with Gasteiger partial charge in [0.05, 0.1) is 0 Å². The van der Waals surface area contributed by atoms with Gasteiger partial charge in [0.15, 0.2) is 0 Å². The number of hydrogen-bond donors (Lipinski definition) is 0. The molecule has 11 heavy (non-hydrogen) atoms. The Morgan fingerprint density at radius 1 is 1.45 bits per heavy atom. The van der Waals surface area contributed by atoms with Crippen LogP contribution in [0.2, 0.25) is 0 Å². The first kappa shape index (κ1) is 8.24. The first-order chi connectivity index (χ1) is 5.15. The van der Waals surface area contributed by atoms with Crippen LogP contribution in [0.5, 0.6) is 0 Å². The minimum atomic E-state index is 0.422. The zero-order valence-electron chi connectivity index (χ0n) is 7.63. The van der Waals surface area contributed by atoms with Crippen LogP contribution in [0.1, 0.15) is 38.5 Å². The highest BCUT2D eigenvalue weighted by Gasteiger charge is 2.06. The SMILES string of the molecule is CCc1nc(C)nn1C(C)C. The van der Waals surface area contributed by atoms with Crippen molar-refractivity contribution in [1.82, 2.24) is 14.8 Å². The fourth-order valence-corrected chi connectivity index (χ4v) is 1.13. The predicted octanol–water partition coefficient (Wildman–Crippen LogP) is 1.73. The summed E-state index contributed by atoms with van der Waals surface area (Å²) in [6.45, 7) is 8.26. The lowest BCUT2D eigenvalue weighted by Gasteiger charge is -2.06. The van der Waals surface area contributed by atoms with Gasteiger partial charge < -0.3 is 0 Å². The molecule has 1 heterocycles. The van der Waals surface area contributed by atoms with Crippen molar-refractivity contribution in [3.63, 3.8) is 0 Å². The van der Waals surface area contributed by atoms with Gasteiger partial charge in [-0.15, -0.1) is 0 Å². The number of nitrogens with zero attached hydrogens (tertiary/aromatic N) is 3. The van der Waals surface area contributed by atoms with Crippen molar-refractivity contribution in [2.45, 2.75) is 40.2 Å². The fraction of sp³-hybridized carbons (Fsp3) is 0.750. The van der Waals surface area contributed by atoms with Crippen molar-refractivity contribution in [2.24, 2.45) is 0 Å². The molecule has 3 heteroatoms. The summed E-state index contributed by atoms with van der Waals surface area (Å²) in [6.07, 6.45) is 0.957. The van der Waals surface area contributed by atoms with Crippen molar-refractivity contribution in [2.75, 3.05) is 0 Å². The van der Waals surface area contributed by atoms with Crippen molar-refractivity contribution in [3.8, 4) is 0 Å². The number of aryl methyl sites for hydroxylation is 2. The van der Waals surface area contributed by atoms with Crippen molar-refractivity contribution in [3.05, 3.63) is 11.6 Å². The van der Waals surface area contributed by atoms with Crippen LogP contribution in [0, 0.1) is 6.92 Å². The Morgan fingerprint density at radius 3 is 2.45 bits per heavy atom. The molecule has 0 saturated carbocycles. The molecule has 0 spiro atoms. The van der Waals surface area contributed by atoms with Crippen LogP contribution < -0.4 is 0 Å². The normalized spacial score (nSPS) is 11.0. The van der Waals surface area contributed by atoms with Crippen LogP contribution in [-0.2, 0) is 6.42 Å². The third-order valence-electron chi connectivity index (χ3n) is 1.61. The average Bonchev–Trinajstić information content (AvgIpc) is 2.30. The topological polar surface area (TPSA) is 30.7 Å². The molecule has 0 aliphatic heterocycles. The molecule has 0 bridgehead atoms. The lowest BCUT2D eigenvalue weighted by molar-refractivity contribution is 0.506. The van der Waals surface area contributed by atoms with E-state index in [2.05, 4.69) is 30.9 Å². The van der Waals surface area contributed by atoms with Crippen LogP contribution in [0.4, 0.5) is 0 Å². The molecule has 0 fully saturated rings. The third kappa shape index (κ3) is 1.59. The Labute approximate surface area is 67.4 Å². The van der Waals surface area contributed by atoms with Crippen LogP contribution >= 0.6 is 0 Å². The Morgan fingerprint density at radius 2 is 2.09 bits per heavy atom. The molecule has 62 valence electrons. The quantitative estimate of drug-likeness (QED) is 0.647. The molecule has 3 nitrogen and oxygen atoms in total. The van der Waals surface area contributed by atoms with E-state index in [4.69, 9.17) is 0 Å². The molecule has 0 aliphatic carbocycles. The maximum atomic E-state index is 4.30. The van der Waals surface area contributed by atoms with Crippen molar-refractivity contribution < 1.29 is 0 Å². The molecule has 0 radical (unpaired) electrons. The van der Waals surface area contributed by atoms with Gasteiger partial charge in [-0.3, -0.25) is 0 Å². The standard InChI is InChI=1S/C8H15N3/c1-5-8-9-7(4)10-11(8)6(2)3/h6H,5H2,1-4H3. The minimum Gasteiger partial charge on any atom is -0.247 e. The molecule has 1 aromatic rings. The van der Waals surface area contributed by atoms with Gasteiger partial charge in [0.25, 0.3) is 0 Å². The summed E-state index contributed by atoms with van der Waals surface area (Å²) in [5, 5.41) is 4.29. The Bertz CT molecular complexity index is 237. The van der Waals surface area contributed by atoms with Crippen LogP contribution in [0.25, 0.3) is 0 Å². The van der Waals surface area contributed by atoms with E-state index in [9.17, 15) is 0 Å². The summed E-state index contributed by atoms with van der Waals surface area (Å²) < 4.78 is 1.98. The second kappa shape index (κ2) is 3.03. The molecular weight excluding hydrogens is 138 g/mol. The third-order valence-corrected chi connectivity index (χ3v) is 1.61. The van der Waals surface area contributed by atoms with E-state index in [1.54, 1.807) is 0 Å². The van der Waals surface area contributed by atoms with Crippen molar-refractivity contribution in [1.29, 1.82) is 0 Å². The molecule has 0 saturated heterocycles. The minimum absolute atomic E-state index is 0.422. The average molecular weight is 153 g/mol. The first-order valence-corrected chi connectivity index (χ1v) is 4.07. The van der Waals surface area contributed by atoms with Crippen molar-refractivity contribution >= 4 is 0 Å². The highest BCUT2D eigenvalue weighted by atomic mass is 15.4. The molecule has 0 aromatic carbocycles. The highest BCUT2D eigenvalue weighted by molar-refractivity contribution is 4.91. The zero-order valence-corrected chi connectivity index (χ0v) is 7.63. The van der Waals surface area contributed by atoms with Gasteiger partial charge in [-0.1, -0.05) is 6.92 Å². The van der Waals surface area contributed by atoms with Gasteiger partial charge in [-0.2, -0.15) is 5.10 Å². The molecule has 1 rings (SSSR count). The summed E-state index contributed by atoms with van der Waals surface area (Å²) in [6, 6.07) is 0.422. The number of rotatable bonds is 2. The molecular formula is C8H15N3. The Balaban J connectivity index is 3.02. The number of hydrogen-bond acceptors (Lipinski definition) is 2. The molecule has 0 N–H and O–H groups in total. The monoisotopic (exact) mass is 153 g/mol. The zero-order chi connectivity index (χ0) is 8.43. The van der Waals surface area contributed by atoms with E-state index in [0.717, 1.165) is 18.1 Å². The summed E-state index contributed by atoms with van der Waals surface area (Å²) >= 11 is 0. The number of aromatic nitrogens is 3. The summed E-state index contributed by atoms with van der Waals surface area (Å²) in [7, 11) is 0. The highest BCUT2D eigenvalue weighted by Crippen LogP contribution is 2.07. The second-order valence-electron chi connectivity index (χ2n) is 2.97. The maximum absolute atomic E-state index is 4.30. The van der Waals surface area contributed by atoms with Gasteiger partial charge in [0.2, 0.25) is 0 Å². The molecule has 0 atom stereocenters. The van der Waals surface area contributed by atoms with Gasteiger partial charge in [-0.05, 0) is 20.8 Å². The molecule has 0 unspecified atom stereocenters. The maximum Gasteiger partial charge on any atom is 0.147 e. The summed E-state index contributed by atoms with van der Waals surface area (Å²) in [5.41, 5.74) is 0. The van der Waals surface area contributed by atoms with E-state index in [1.807, 2.05) is 11.6 Å². The molecule has 0 amide bonds. The molecule has 0 aliphatic rings. The van der Waals surface area contributed by atoms with Gasteiger partial charge in [-0.25, -0.2) is 9.67 Å². The Hall–Kier alpha value is -0.860. The van der Waals surface area contributed by atoms with Crippen LogP contribution in [0.15, 0.2) is 0 Å². The Kier molecular flexibility index (Phi) is 2.27.